The molecule has 2 nitrogen and oxygen atoms in total. The fourth-order valence-electron chi connectivity index (χ4n) is 1.67. The topological polar surface area (TPSA) is 24.9 Å². The highest BCUT2D eigenvalue weighted by molar-refractivity contribution is 9.11. The molecular weight excluding hydrogens is 300 g/mol. The van der Waals surface area contributed by atoms with Gasteiger partial charge in [-0.05, 0) is 23.8 Å². The molecule has 0 amide bonds. The first-order chi connectivity index (χ1) is 8.18. The third-order valence-corrected chi connectivity index (χ3v) is 3.04. The minimum atomic E-state index is 0.733. The molecular formula is C13H12BrClN2. The van der Waals surface area contributed by atoms with Crippen LogP contribution in [0.15, 0.2) is 41.5 Å². The zero-order valence-corrected chi connectivity index (χ0v) is 11.6. The van der Waals surface area contributed by atoms with Crippen LogP contribution in [0.3, 0.4) is 0 Å². The summed E-state index contributed by atoms with van der Waals surface area (Å²) < 4.78 is 0.934. The predicted molar refractivity (Wildman–Crippen MR) is 76.5 cm³/mol. The van der Waals surface area contributed by atoms with Crippen LogP contribution in [0.2, 0.25) is 5.02 Å². The lowest BCUT2D eigenvalue weighted by Gasteiger charge is -2.08. The van der Waals surface area contributed by atoms with E-state index >= 15 is 0 Å². The number of pyridine rings is 1. The van der Waals surface area contributed by atoms with E-state index in [9.17, 15) is 0 Å². The lowest BCUT2D eigenvalue weighted by atomic mass is 10.1. The Balaban J connectivity index is 2.28. The van der Waals surface area contributed by atoms with Crippen molar-refractivity contribution < 1.29 is 0 Å². The number of benzene rings is 1. The maximum absolute atomic E-state index is 6.13. The van der Waals surface area contributed by atoms with Gasteiger partial charge in [0.15, 0.2) is 0 Å². The molecule has 0 unspecified atom stereocenters. The minimum absolute atomic E-state index is 0.733. The van der Waals surface area contributed by atoms with E-state index in [1.54, 1.807) is 6.20 Å². The van der Waals surface area contributed by atoms with Gasteiger partial charge in [-0.2, -0.15) is 0 Å². The van der Waals surface area contributed by atoms with Crippen LogP contribution in [0.25, 0.3) is 10.9 Å². The Morgan fingerprint density at radius 1 is 1.41 bits per heavy atom. The van der Waals surface area contributed by atoms with Crippen LogP contribution in [0.5, 0.6) is 0 Å². The summed E-state index contributed by atoms with van der Waals surface area (Å²) >= 11 is 9.45. The first-order valence-electron chi connectivity index (χ1n) is 5.24. The van der Waals surface area contributed by atoms with Gasteiger partial charge in [-0.3, -0.25) is 4.98 Å². The molecule has 17 heavy (non-hydrogen) atoms. The molecule has 0 spiro atoms. The smallest absolute Gasteiger partial charge is 0.0761 e. The average Bonchev–Trinajstić information content (AvgIpc) is 2.32. The molecule has 0 aliphatic rings. The summed E-state index contributed by atoms with van der Waals surface area (Å²) in [5, 5.41) is 5.01. The van der Waals surface area contributed by atoms with E-state index in [4.69, 9.17) is 11.6 Å². The van der Waals surface area contributed by atoms with Crippen molar-refractivity contribution in [2.45, 2.75) is 6.54 Å². The summed E-state index contributed by atoms with van der Waals surface area (Å²) in [4.78, 5) is 4.38. The maximum atomic E-state index is 6.13. The Labute approximate surface area is 114 Å². The highest BCUT2D eigenvalue weighted by Crippen LogP contribution is 2.24. The molecule has 0 bridgehead atoms. The highest BCUT2D eigenvalue weighted by Gasteiger charge is 2.04. The van der Waals surface area contributed by atoms with E-state index in [-0.39, 0.29) is 0 Å². The quantitative estimate of drug-likeness (QED) is 0.926. The van der Waals surface area contributed by atoms with E-state index in [0.29, 0.717) is 0 Å². The van der Waals surface area contributed by atoms with Crippen LogP contribution in [0.4, 0.5) is 0 Å². The van der Waals surface area contributed by atoms with E-state index in [1.165, 1.54) is 0 Å². The molecule has 0 radical (unpaired) electrons. The van der Waals surface area contributed by atoms with Gasteiger partial charge in [-0.1, -0.05) is 40.2 Å². The fourth-order valence-corrected chi connectivity index (χ4v) is 2.09. The molecule has 0 saturated heterocycles. The largest absolute Gasteiger partial charge is 0.308 e. The van der Waals surface area contributed by atoms with Crippen molar-refractivity contribution in [3.8, 4) is 0 Å². The number of halogens is 2. The third kappa shape index (κ3) is 3.06. The molecule has 0 aliphatic heterocycles. The van der Waals surface area contributed by atoms with E-state index in [1.807, 2.05) is 24.3 Å². The molecule has 1 heterocycles. The molecule has 0 atom stereocenters. The zero-order chi connectivity index (χ0) is 12.3. The van der Waals surface area contributed by atoms with Crippen molar-refractivity contribution in [3.05, 3.63) is 52.1 Å². The molecule has 2 rings (SSSR count). The predicted octanol–water partition coefficient (Wildman–Crippen LogP) is 3.89. The maximum Gasteiger partial charge on any atom is 0.0761 e. The van der Waals surface area contributed by atoms with Crippen molar-refractivity contribution in [2.24, 2.45) is 0 Å². The molecule has 0 aliphatic carbocycles. The average molecular weight is 312 g/mol. The summed E-state index contributed by atoms with van der Waals surface area (Å²) in [5.74, 6) is 0. The van der Waals surface area contributed by atoms with Crippen LogP contribution in [0, 0.1) is 0 Å². The molecule has 1 N–H and O–H groups in total. The van der Waals surface area contributed by atoms with Crippen molar-refractivity contribution in [3.63, 3.8) is 0 Å². The molecule has 1 aromatic carbocycles. The number of rotatable bonds is 4. The van der Waals surface area contributed by atoms with Crippen molar-refractivity contribution in [1.29, 1.82) is 0 Å². The third-order valence-electron chi connectivity index (χ3n) is 2.43. The number of hydrogen-bond acceptors (Lipinski definition) is 2. The van der Waals surface area contributed by atoms with Gasteiger partial charge in [-0.15, -0.1) is 0 Å². The van der Waals surface area contributed by atoms with Gasteiger partial charge in [0.25, 0.3) is 0 Å². The van der Waals surface area contributed by atoms with Gasteiger partial charge in [0.2, 0.25) is 0 Å². The summed E-state index contributed by atoms with van der Waals surface area (Å²) in [6.07, 6.45) is 1.78. The van der Waals surface area contributed by atoms with Crippen LogP contribution in [-0.2, 0) is 6.54 Å². The van der Waals surface area contributed by atoms with Crippen molar-refractivity contribution >= 4 is 38.4 Å². The number of fused-ring (bicyclic) bond motifs is 1. The standard InChI is InChI=1S/C13H12BrClN2/c1-9(14)7-16-8-10-4-5-12(15)11-3-2-6-17-13(10)11/h2-6,16H,1,7-8H2. The molecule has 0 fully saturated rings. The SMILES string of the molecule is C=C(Br)CNCc1ccc(Cl)c2cccnc12. The van der Waals surface area contributed by atoms with Gasteiger partial charge in [0.05, 0.1) is 5.52 Å². The van der Waals surface area contributed by atoms with Crippen molar-refractivity contribution in [2.75, 3.05) is 6.54 Å². The highest BCUT2D eigenvalue weighted by atomic mass is 79.9. The van der Waals surface area contributed by atoms with Gasteiger partial charge in [-0.25, -0.2) is 0 Å². The minimum Gasteiger partial charge on any atom is -0.308 e. The number of nitrogens with one attached hydrogen (secondary N) is 1. The molecule has 88 valence electrons. The van der Waals surface area contributed by atoms with Gasteiger partial charge >= 0.3 is 0 Å². The molecule has 2 aromatic rings. The second kappa shape index (κ2) is 5.63. The summed E-state index contributed by atoms with van der Waals surface area (Å²) in [5.41, 5.74) is 2.09. The Bertz CT molecular complexity index is 554. The Hall–Kier alpha value is -0.900. The van der Waals surface area contributed by atoms with E-state index < -0.39 is 0 Å². The lowest BCUT2D eigenvalue weighted by Crippen LogP contribution is -2.14. The van der Waals surface area contributed by atoms with E-state index in [2.05, 4.69) is 32.8 Å². The van der Waals surface area contributed by atoms with Crippen LogP contribution >= 0.6 is 27.5 Å². The first-order valence-corrected chi connectivity index (χ1v) is 6.41. The number of nitrogens with zero attached hydrogens (tertiary/aromatic N) is 1. The van der Waals surface area contributed by atoms with Crippen LogP contribution in [0.1, 0.15) is 5.56 Å². The van der Waals surface area contributed by atoms with Gasteiger partial charge in [0.1, 0.15) is 0 Å². The normalized spacial score (nSPS) is 10.7. The van der Waals surface area contributed by atoms with Gasteiger partial charge in [0, 0.05) is 34.2 Å². The summed E-state index contributed by atoms with van der Waals surface area (Å²) in [6, 6.07) is 7.79. The fraction of sp³-hybridized carbons (Fsp3) is 0.154. The van der Waals surface area contributed by atoms with Gasteiger partial charge < -0.3 is 5.32 Å². The van der Waals surface area contributed by atoms with E-state index in [0.717, 1.165) is 39.1 Å². The van der Waals surface area contributed by atoms with Crippen molar-refractivity contribution in [1.82, 2.24) is 10.3 Å². The number of aromatic nitrogens is 1. The first kappa shape index (κ1) is 12.6. The van der Waals surface area contributed by atoms with Crippen LogP contribution < -0.4 is 5.32 Å². The summed E-state index contributed by atoms with van der Waals surface area (Å²) in [7, 11) is 0. The molecule has 1 aromatic heterocycles. The Morgan fingerprint density at radius 2 is 2.24 bits per heavy atom. The molecule has 4 heteroatoms. The Kier molecular flexibility index (Phi) is 4.15. The Morgan fingerprint density at radius 3 is 3.00 bits per heavy atom. The van der Waals surface area contributed by atoms with Crippen LogP contribution in [-0.4, -0.2) is 11.5 Å². The number of hydrogen-bond donors (Lipinski definition) is 1. The zero-order valence-electron chi connectivity index (χ0n) is 9.21. The summed E-state index contributed by atoms with van der Waals surface area (Å²) in [6.45, 7) is 5.26. The second-order valence-corrected chi connectivity index (χ2v) is 5.26. The lowest BCUT2D eigenvalue weighted by molar-refractivity contribution is 0.760. The second-order valence-electron chi connectivity index (χ2n) is 3.73. The molecule has 0 saturated carbocycles. The monoisotopic (exact) mass is 310 g/mol.